The molecule has 8 heteroatoms. The van der Waals surface area contributed by atoms with Crippen molar-refractivity contribution in [1.82, 2.24) is 10.0 Å². The highest BCUT2D eigenvalue weighted by atomic mass is 32.2. The van der Waals surface area contributed by atoms with E-state index in [9.17, 15) is 13.2 Å². The van der Waals surface area contributed by atoms with E-state index in [4.69, 9.17) is 4.42 Å². The van der Waals surface area contributed by atoms with Crippen LogP contribution in [-0.2, 0) is 16.4 Å². The maximum atomic E-state index is 12.9. The summed E-state index contributed by atoms with van der Waals surface area (Å²) in [7, 11) is -3.86. The van der Waals surface area contributed by atoms with Gasteiger partial charge in [-0.15, -0.1) is 11.3 Å². The molecule has 30 heavy (non-hydrogen) atoms. The summed E-state index contributed by atoms with van der Waals surface area (Å²) in [5.41, 5.74) is 1.49. The number of nitrogens with one attached hydrogen (secondary N) is 2. The number of carbonyl (C=O) groups excluding carboxylic acids is 1. The first kappa shape index (κ1) is 22.3. The standard InChI is InChI=1S/C22H26N2O4S2/c1-5-15-8-10-16(11-9-15)20(18-7-6-14-29-18)23-21(25)17-12-13-19(28-17)30(26,27)24-22(2,3)4/h6-14,20,24H,5H2,1-4H3,(H,23,25). The highest BCUT2D eigenvalue weighted by Gasteiger charge is 2.27. The summed E-state index contributed by atoms with van der Waals surface area (Å²) in [6.07, 6.45) is 0.933. The minimum atomic E-state index is -3.86. The normalized spacial score (nSPS) is 13.2. The molecule has 3 aromatic rings. The van der Waals surface area contributed by atoms with Crippen molar-refractivity contribution in [3.05, 3.63) is 75.7 Å². The first-order valence-corrected chi connectivity index (χ1v) is 12.0. The van der Waals surface area contributed by atoms with Gasteiger partial charge in [0.05, 0.1) is 6.04 Å². The third-order valence-electron chi connectivity index (χ3n) is 4.33. The third kappa shape index (κ3) is 5.38. The molecule has 2 aromatic heterocycles. The van der Waals surface area contributed by atoms with Gasteiger partial charge in [-0.2, -0.15) is 0 Å². The van der Waals surface area contributed by atoms with Gasteiger partial charge in [-0.3, -0.25) is 4.79 Å². The fraction of sp³-hybridized carbons (Fsp3) is 0.318. The number of aryl methyl sites for hydroxylation is 1. The second kappa shape index (κ2) is 8.75. The molecule has 1 aromatic carbocycles. The van der Waals surface area contributed by atoms with E-state index < -0.39 is 21.5 Å². The summed E-state index contributed by atoms with van der Waals surface area (Å²) in [6.45, 7) is 7.29. The van der Waals surface area contributed by atoms with E-state index in [0.717, 1.165) is 16.9 Å². The molecule has 1 amide bonds. The third-order valence-corrected chi connectivity index (χ3v) is 6.90. The van der Waals surface area contributed by atoms with Crippen LogP contribution in [0.2, 0.25) is 0 Å². The topological polar surface area (TPSA) is 88.4 Å². The zero-order valence-electron chi connectivity index (χ0n) is 17.4. The molecule has 0 aliphatic heterocycles. The molecule has 1 atom stereocenters. The van der Waals surface area contributed by atoms with E-state index in [0.29, 0.717) is 0 Å². The smallest absolute Gasteiger partial charge is 0.287 e. The van der Waals surface area contributed by atoms with E-state index in [1.54, 1.807) is 20.8 Å². The molecule has 160 valence electrons. The van der Waals surface area contributed by atoms with Gasteiger partial charge in [0.25, 0.3) is 15.9 Å². The zero-order chi connectivity index (χ0) is 21.9. The van der Waals surface area contributed by atoms with Crippen molar-refractivity contribution in [2.24, 2.45) is 0 Å². The van der Waals surface area contributed by atoms with Crippen molar-refractivity contribution in [2.75, 3.05) is 0 Å². The second-order valence-corrected chi connectivity index (χ2v) is 10.6. The Morgan fingerprint density at radius 3 is 2.37 bits per heavy atom. The molecule has 0 bridgehead atoms. The van der Waals surface area contributed by atoms with Gasteiger partial charge in [-0.1, -0.05) is 37.3 Å². The van der Waals surface area contributed by atoms with E-state index in [1.807, 2.05) is 41.8 Å². The molecule has 0 fully saturated rings. The molecule has 1 unspecified atom stereocenters. The van der Waals surface area contributed by atoms with Crippen LogP contribution >= 0.6 is 11.3 Å². The minimum absolute atomic E-state index is 0.0592. The molecule has 0 saturated heterocycles. The number of rotatable bonds is 7. The Labute approximate surface area is 181 Å². The van der Waals surface area contributed by atoms with E-state index in [-0.39, 0.29) is 16.9 Å². The van der Waals surface area contributed by atoms with E-state index in [1.165, 1.54) is 29.0 Å². The minimum Gasteiger partial charge on any atom is -0.438 e. The highest BCUT2D eigenvalue weighted by Crippen LogP contribution is 2.27. The van der Waals surface area contributed by atoms with Gasteiger partial charge in [-0.05, 0) is 61.9 Å². The molecule has 0 saturated carbocycles. The van der Waals surface area contributed by atoms with Crippen LogP contribution in [0.4, 0.5) is 0 Å². The van der Waals surface area contributed by atoms with Crippen molar-refractivity contribution >= 4 is 27.3 Å². The van der Waals surface area contributed by atoms with Crippen LogP contribution in [0.1, 0.15) is 60.3 Å². The Bertz CT molecular complexity index is 1090. The molecular formula is C22H26N2O4S2. The molecule has 2 N–H and O–H groups in total. The van der Waals surface area contributed by atoms with E-state index >= 15 is 0 Å². The van der Waals surface area contributed by atoms with Gasteiger partial charge in [0.2, 0.25) is 5.09 Å². The SMILES string of the molecule is CCc1ccc(C(NC(=O)c2ccc(S(=O)(=O)NC(C)(C)C)o2)c2cccs2)cc1. The fourth-order valence-corrected chi connectivity index (χ4v) is 5.12. The average molecular weight is 447 g/mol. The summed E-state index contributed by atoms with van der Waals surface area (Å²) in [6, 6.07) is 14.3. The number of amides is 1. The monoisotopic (exact) mass is 446 g/mol. The first-order valence-electron chi connectivity index (χ1n) is 9.66. The molecular weight excluding hydrogens is 420 g/mol. The van der Waals surface area contributed by atoms with Crippen molar-refractivity contribution in [1.29, 1.82) is 0 Å². The number of benzene rings is 1. The maximum Gasteiger partial charge on any atom is 0.287 e. The van der Waals surface area contributed by atoms with Crippen LogP contribution in [0.25, 0.3) is 0 Å². The number of furan rings is 1. The lowest BCUT2D eigenvalue weighted by molar-refractivity contribution is 0.0910. The number of thiophene rings is 1. The first-order chi connectivity index (χ1) is 14.1. The lowest BCUT2D eigenvalue weighted by atomic mass is 10.0. The number of hydrogen-bond acceptors (Lipinski definition) is 5. The molecule has 0 spiro atoms. The van der Waals surface area contributed by atoms with Crippen molar-refractivity contribution < 1.29 is 17.6 Å². The molecule has 3 rings (SSSR count). The lowest BCUT2D eigenvalue weighted by Crippen LogP contribution is -2.40. The van der Waals surface area contributed by atoms with Crippen molar-refractivity contribution in [3.63, 3.8) is 0 Å². The molecule has 0 aliphatic rings. The van der Waals surface area contributed by atoms with Crippen LogP contribution < -0.4 is 10.0 Å². The fourth-order valence-electron chi connectivity index (χ4n) is 2.96. The van der Waals surface area contributed by atoms with Gasteiger partial charge in [0, 0.05) is 10.4 Å². The highest BCUT2D eigenvalue weighted by molar-refractivity contribution is 7.89. The molecule has 0 radical (unpaired) electrons. The van der Waals surface area contributed by atoms with Gasteiger partial charge in [-0.25, -0.2) is 13.1 Å². The predicted molar refractivity (Wildman–Crippen MR) is 118 cm³/mol. The Hall–Kier alpha value is -2.42. The maximum absolute atomic E-state index is 12.9. The van der Waals surface area contributed by atoms with Gasteiger partial charge < -0.3 is 9.73 Å². The average Bonchev–Trinajstić information content (AvgIpc) is 3.36. The number of hydrogen-bond donors (Lipinski definition) is 2. The van der Waals surface area contributed by atoms with Crippen molar-refractivity contribution in [2.45, 2.75) is 50.8 Å². The summed E-state index contributed by atoms with van der Waals surface area (Å²) in [4.78, 5) is 13.8. The van der Waals surface area contributed by atoms with Crippen molar-refractivity contribution in [3.8, 4) is 0 Å². The Balaban J connectivity index is 1.84. The second-order valence-electron chi connectivity index (χ2n) is 7.99. The lowest BCUT2D eigenvalue weighted by Gasteiger charge is -2.19. The number of carbonyl (C=O) groups is 1. The Morgan fingerprint density at radius 1 is 1.10 bits per heavy atom. The van der Waals surface area contributed by atoms with Gasteiger partial charge in [0.15, 0.2) is 5.76 Å². The summed E-state index contributed by atoms with van der Waals surface area (Å²) in [5, 5.41) is 4.62. The van der Waals surface area contributed by atoms with Crippen LogP contribution in [0.3, 0.4) is 0 Å². The summed E-state index contributed by atoms with van der Waals surface area (Å²) in [5.74, 6) is -0.541. The molecule has 6 nitrogen and oxygen atoms in total. The largest absolute Gasteiger partial charge is 0.438 e. The van der Waals surface area contributed by atoms with Crippen LogP contribution in [0.15, 0.2) is 63.4 Å². The van der Waals surface area contributed by atoms with Crippen LogP contribution in [-0.4, -0.2) is 19.9 Å². The molecule has 2 heterocycles. The summed E-state index contributed by atoms with van der Waals surface area (Å²) < 4.78 is 32.8. The summed E-state index contributed by atoms with van der Waals surface area (Å²) >= 11 is 1.54. The number of sulfonamides is 1. The van der Waals surface area contributed by atoms with E-state index in [2.05, 4.69) is 17.0 Å². The van der Waals surface area contributed by atoms with Gasteiger partial charge in [0.1, 0.15) is 0 Å². The Morgan fingerprint density at radius 2 is 1.80 bits per heavy atom. The van der Waals surface area contributed by atoms with Crippen LogP contribution in [0, 0.1) is 0 Å². The predicted octanol–water partition coefficient (Wildman–Crippen LogP) is 4.50. The molecule has 0 aliphatic carbocycles. The quantitative estimate of drug-likeness (QED) is 0.559. The zero-order valence-corrected chi connectivity index (χ0v) is 19.1. The van der Waals surface area contributed by atoms with Crippen LogP contribution in [0.5, 0.6) is 0 Å². The Kier molecular flexibility index (Phi) is 6.50. The van der Waals surface area contributed by atoms with Gasteiger partial charge >= 0.3 is 0 Å².